The van der Waals surface area contributed by atoms with Crippen molar-refractivity contribution in [2.75, 3.05) is 19.5 Å². The van der Waals surface area contributed by atoms with Crippen molar-refractivity contribution in [1.82, 2.24) is 10.6 Å². The zero-order valence-electron chi connectivity index (χ0n) is 17.6. The van der Waals surface area contributed by atoms with Crippen LogP contribution >= 0.6 is 11.8 Å². The normalized spacial score (nSPS) is 9.69. The average molecular weight is 455 g/mol. The molecule has 2 rings (SSSR count). The monoisotopic (exact) mass is 455 g/mol. The van der Waals surface area contributed by atoms with Gasteiger partial charge in [-0.25, -0.2) is 14.6 Å². The Bertz CT molecular complexity index is 1040. The second-order valence-corrected chi connectivity index (χ2v) is 7.16. The van der Waals surface area contributed by atoms with Crippen LogP contribution in [0.25, 0.3) is 0 Å². The van der Waals surface area contributed by atoms with Crippen molar-refractivity contribution in [3.05, 3.63) is 48.0 Å². The summed E-state index contributed by atoms with van der Waals surface area (Å²) in [7, 11) is 2.32. The molecule has 0 atom stereocenters. The Kier molecular flexibility index (Phi) is 9.06. The molecule has 0 heterocycles. The summed E-state index contributed by atoms with van der Waals surface area (Å²) in [5.74, 6) is -0.492. The molecule has 0 aliphatic carbocycles. The lowest BCUT2D eigenvalue weighted by molar-refractivity contribution is -0.115. The van der Waals surface area contributed by atoms with Crippen LogP contribution < -0.4 is 16.0 Å². The van der Waals surface area contributed by atoms with Gasteiger partial charge in [0.25, 0.3) is 0 Å². The SMILES string of the molecule is CCC(=O)Nc1ccc(Sc2ccc(C#N)cc2)cc1N=C(NC(=O)OC)NC(=O)OC. The smallest absolute Gasteiger partial charge is 0.413 e. The summed E-state index contributed by atoms with van der Waals surface area (Å²) >= 11 is 1.40. The van der Waals surface area contributed by atoms with Gasteiger partial charge in [-0.2, -0.15) is 5.26 Å². The van der Waals surface area contributed by atoms with Gasteiger partial charge in [-0.15, -0.1) is 0 Å². The molecule has 0 fully saturated rings. The Morgan fingerprint density at radius 1 is 1.00 bits per heavy atom. The van der Waals surface area contributed by atoms with Gasteiger partial charge >= 0.3 is 12.2 Å². The molecule has 0 saturated carbocycles. The van der Waals surface area contributed by atoms with Crippen molar-refractivity contribution in [2.24, 2.45) is 4.99 Å². The molecule has 0 unspecified atom stereocenters. The van der Waals surface area contributed by atoms with E-state index < -0.39 is 12.2 Å². The van der Waals surface area contributed by atoms with E-state index in [9.17, 15) is 14.4 Å². The third-order valence-electron chi connectivity index (χ3n) is 3.83. The van der Waals surface area contributed by atoms with Crippen molar-refractivity contribution < 1.29 is 23.9 Å². The van der Waals surface area contributed by atoms with Crippen LogP contribution in [0.15, 0.2) is 57.2 Å². The van der Waals surface area contributed by atoms with Crippen LogP contribution in [0.4, 0.5) is 21.0 Å². The lowest BCUT2D eigenvalue weighted by Gasteiger charge is -2.13. The van der Waals surface area contributed by atoms with E-state index >= 15 is 0 Å². The number of carbonyl (C=O) groups excluding carboxylic acids is 3. The summed E-state index contributed by atoms with van der Waals surface area (Å²) in [5, 5.41) is 16.2. The lowest BCUT2D eigenvalue weighted by atomic mass is 10.2. The van der Waals surface area contributed by atoms with Gasteiger partial charge in [0.05, 0.1) is 37.2 Å². The first-order valence-electron chi connectivity index (χ1n) is 9.29. The molecule has 10 nitrogen and oxygen atoms in total. The number of guanidine groups is 1. The van der Waals surface area contributed by atoms with Crippen LogP contribution in [0.5, 0.6) is 0 Å². The molecule has 0 aliphatic heterocycles. The molecule has 0 bridgehead atoms. The molecule has 0 radical (unpaired) electrons. The third kappa shape index (κ3) is 7.33. The third-order valence-corrected chi connectivity index (χ3v) is 4.82. The molecule has 166 valence electrons. The van der Waals surface area contributed by atoms with Crippen molar-refractivity contribution in [2.45, 2.75) is 23.1 Å². The van der Waals surface area contributed by atoms with Crippen molar-refractivity contribution in [3.63, 3.8) is 0 Å². The van der Waals surface area contributed by atoms with Crippen LogP contribution in [0.3, 0.4) is 0 Å². The molecule has 2 aromatic rings. The number of anilines is 1. The largest absolute Gasteiger partial charge is 0.453 e. The minimum absolute atomic E-state index is 0.239. The van der Waals surface area contributed by atoms with Gasteiger partial charge in [0, 0.05) is 16.2 Å². The highest BCUT2D eigenvalue weighted by Gasteiger charge is 2.13. The van der Waals surface area contributed by atoms with Gasteiger partial charge in [0.15, 0.2) is 0 Å². The highest BCUT2D eigenvalue weighted by molar-refractivity contribution is 7.99. The zero-order valence-corrected chi connectivity index (χ0v) is 18.4. The Morgan fingerprint density at radius 2 is 1.59 bits per heavy atom. The molecule has 0 aromatic heterocycles. The number of carbonyl (C=O) groups is 3. The molecule has 0 spiro atoms. The summed E-state index contributed by atoms with van der Waals surface area (Å²) in [6.07, 6.45) is -1.47. The molecule has 11 heteroatoms. The predicted molar refractivity (Wildman–Crippen MR) is 119 cm³/mol. The summed E-state index contributed by atoms with van der Waals surface area (Å²) in [5.41, 5.74) is 1.19. The van der Waals surface area contributed by atoms with Crippen molar-refractivity contribution >= 4 is 47.2 Å². The number of ether oxygens (including phenoxy) is 2. The summed E-state index contributed by atoms with van der Waals surface area (Å²) in [6.45, 7) is 1.70. The number of benzene rings is 2. The van der Waals surface area contributed by atoms with Gasteiger partial charge in [-0.05, 0) is 42.5 Å². The Balaban J connectivity index is 2.44. The highest BCUT2D eigenvalue weighted by Crippen LogP contribution is 2.34. The molecule has 2 aromatic carbocycles. The lowest BCUT2D eigenvalue weighted by Crippen LogP contribution is -2.43. The molecule has 0 saturated heterocycles. The van der Waals surface area contributed by atoms with Crippen LogP contribution in [0.1, 0.15) is 18.9 Å². The van der Waals surface area contributed by atoms with Crippen LogP contribution in [0.2, 0.25) is 0 Å². The van der Waals surface area contributed by atoms with Gasteiger partial charge < -0.3 is 14.8 Å². The number of rotatable bonds is 5. The molecule has 3 amide bonds. The first kappa shape index (κ1) is 24.2. The Morgan fingerprint density at radius 3 is 2.12 bits per heavy atom. The highest BCUT2D eigenvalue weighted by atomic mass is 32.2. The van der Waals surface area contributed by atoms with Gasteiger partial charge in [-0.3, -0.25) is 15.4 Å². The number of methoxy groups -OCH3 is 2. The number of aliphatic imine (C=N–C) groups is 1. The Labute approximate surface area is 189 Å². The second-order valence-electron chi connectivity index (χ2n) is 6.01. The molecule has 0 aliphatic rings. The van der Waals surface area contributed by atoms with Crippen molar-refractivity contribution in [1.29, 1.82) is 5.26 Å². The number of hydrogen-bond donors (Lipinski definition) is 3. The number of nitrogens with zero attached hydrogens (tertiary/aromatic N) is 2. The predicted octanol–water partition coefficient (Wildman–Crippen LogP) is 3.76. The fraction of sp³-hybridized carbons (Fsp3) is 0.190. The van der Waals surface area contributed by atoms with E-state index in [1.807, 2.05) is 12.1 Å². The fourth-order valence-electron chi connectivity index (χ4n) is 2.25. The molecular weight excluding hydrogens is 434 g/mol. The van der Waals surface area contributed by atoms with Crippen LogP contribution in [0, 0.1) is 11.3 Å². The first-order valence-corrected chi connectivity index (χ1v) is 10.1. The average Bonchev–Trinajstić information content (AvgIpc) is 2.80. The quantitative estimate of drug-likeness (QED) is 0.460. The van der Waals surface area contributed by atoms with Gasteiger partial charge in [0.2, 0.25) is 11.9 Å². The van der Waals surface area contributed by atoms with E-state index in [1.165, 1.54) is 11.8 Å². The number of nitrogens with one attached hydrogen (secondary N) is 3. The summed E-state index contributed by atoms with van der Waals surface area (Å²) in [6, 6.07) is 14.2. The number of nitriles is 1. The van der Waals surface area contributed by atoms with E-state index in [0.29, 0.717) is 11.3 Å². The van der Waals surface area contributed by atoms with E-state index in [2.05, 4.69) is 36.5 Å². The Hall–Kier alpha value is -4.04. The minimum atomic E-state index is -0.859. The molecule has 32 heavy (non-hydrogen) atoms. The van der Waals surface area contributed by atoms with Crippen LogP contribution in [-0.2, 0) is 14.3 Å². The summed E-state index contributed by atoms with van der Waals surface area (Å²) in [4.78, 5) is 41.1. The summed E-state index contributed by atoms with van der Waals surface area (Å²) < 4.78 is 9.10. The topological polar surface area (TPSA) is 142 Å². The second kappa shape index (κ2) is 12.0. The number of amides is 3. The van der Waals surface area contributed by atoms with Crippen molar-refractivity contribution in [3.8, 4) is 6.07 Å². The standard InChI is InChI=1S/C21H21N5O5S/c1-4-18(27)23-16-10-9-15(32-14-7-5-13(12-22)6-8-14)11-17(16)24-19(25-20(28)30-2)26-21(29)31-3/h5-11H,4H2,1-3H3,(H,23,27)(H2,24,25,26,28,29). The first-order chi connectivity index (χ1) is 15.4. The van der Waals surface area contributed by atoms with Gasteiger partial charge in [-0.1, -0.05) is 18.7 Å². The molecule has 3 N–H and O–H groups in total. The maximum Gasteiger partial charge on any atom is 0.413 e. The van der Waals surface area contributed by atoms with E-state index in [0.717, 1.165) is 24.0 Å². The zero-order chi connectivity index (χ0) is 23.5. The van der Waals surface area contributed by atoms with E-state index in [4.69, 9.17) is 5.26 Å². The number of hydrogen-bond acceptors (Lipinski definition) is 8. The minimum Gasteiger partial charge on any atom is -0.453 e. The number of alkyl carbamates (subject to hydrolysis) is 2. The maximum atomic E-state index is 11.9. The van der Waals surface area contributed by atoms with Crippen LogP contribution in [-0.4, -0.2) is 38.3 Å². The fourth-order valence-corrected chi connectivity index (χ4v) is 3.10. The van der Waals surface area contributed by atoms with E-state index in [1.54, 1.807) is 37.3 Å². The van der Waals surface area contributed by atoms with E-state index in [-0.39, 0.29) is 24.0 Å². The maximum absolute atomic E-state index is 11.9. The van der Waals surface area contributed by atoms with Gasteiger partial charge in [0.1, 0.15) is 0 Å². The molecular formula is C21H21N5O5S.